The standard InChI is InChI=1S/C26H20Cl2N4O2/c1-15-24-25-16(14-34-26(24)32(31-15)21-4-2-3-18(28)11-21)13-33-23-10-9-20(12-22(23)25)30-29-19-7-5-17(27)6-8-19/h2-12,16,25H,13-14H2,1H3/t16-,25+/m0/s1. The second-order valence-electron chi connectivity index (χ2n) is 8.45. The zero-order valence-corrected chi connectivity index (χ0v) is 19.8. The van der Waals surface area contributed by atoms with Crippen LogP contribution in [0.2, 0.25) is 10.0 Å². The minimum absolute atomic E-state index is 0.0890. The molecule has 0 unspecified atom stereocenters. The van der Waals surface area contributed by atoms with Crippen LogP contribution in [0.3, 0.4) is 0 Å². The summed E-state index contributed by atoms with van der Waals surface area (Å²) in [6.45, 7) is 3.15. The molecular weight excluding hydrogens is 471 g/mol. The Hall–Kier alpha value is -3.35. The van der Waals surface area contributed by atoms with Crippen LogP contribution in [0.15, 0.2) is 77.0 Å². The summed E-state index contributed by atoms with van der Waals surface area (Å²) in [4.78, 5) is 0. The summed E-state index contributed by atoms with van der Waals surface area (Å²) in [6.07, 6.45) is 0. The fourth-order valence-corrected chi connectivity index (χ4v) is 4.97. The largest absolute Gasteiger partial charge is 0.493 e. The first-order chi connectivity index (χ1) is 16.6. The van der Waals surface area contributed by atoms with Crippen molar-refractivity contribution in [1.29, 1.82) is 0 Å². The van der Waals surface area contributed by atoms with Crippen molar-refractivity contribution in [3.63, 3.8) is 0 Å². The molecule has 3 aromatic carbocycles. The molecule has 2 atom stereocenters. The molecule has 0 radical (unpaired) electrons. The van der Waals surface area contributed by atoms with Gasteiger partial charge in [0, 0.05) is 33.0 Å². The zero-order valence-electron chi connectivity index (χ0n) is 18.3. The maximum atomic E-state index is 6.24. The lowest BCUT2D eigenvalue weighted by Gasteiger charge is -2.37. The monoisotopic (exact) mass is 490 g/mol. The Balaban J connectivity index is 1.41. The quantitative estimate of drug-likeness (QED) is 0.280. The van der Waals surface area contributed by atoms with Gasteiger partial charge >= 0.3 is 0 Å². The molecule has 0 saturated carbocycles. The third-order valence-corrected chi connectivity index (χ3v) is 6.71. The smallest absolute Gasteiger partial charge is 0.220 e. The molecule has 2 aliphatic rings. The summed E-state index contributed by atoms with van der Waals surface area (Å²) in [5.41, 5.74) is 5.43. The first-order valence-electron chi connectivity index (χ1n) is 11.0. The van der Waals surface area contributed by atoms with E-state index in [-0.39, 0.29) is 11.8 Å². The molecule has 0 bridgehead atoms. The second kappa shape index (κ2) is 8.46. The highest BCUT2D eigenvalue weighted by Gasteiger charge is 2.41. The minimum atomic E-state index is 0.0890. The summed E-state index contributed by atoms with van der Waals surface area (Å²) >= 11 is 12.2. The van der Waals surface area contributed by atoms with E-state index in [0.717, 1.165) is 45.5 Å². The summed E-state index contributed by atoms with van der Waals surface area (Å²) in [7, 11) is 0. The Morgan fingerprint density at radius 2 is 1.65 bits per heavy atom. The molecular formula is C26H20Cl2N4O2. The van der Waals surface area contributed by atoms with Crippen molar-refractivity contribution in [3.8, 4) is 17.3 Å². The van der Waals surface area contributed by atoms with Gasteiger partial charge in [-0.3, -0.25) is 0 Å². The van der Waals surface area contributed by atoms with Gasteiger partial charge in [-0.25, -0.2) is 4.68 Å². The van der Waals surface area contributed by atoms with Crippen LogP contribution < -0.4 is 9.47 Å². The predicted octanol–water partition coefficient (Wildman–Crippen LogP) is 7.44. The number of aromatic nitrogens is 2. The molecule has 0 fully saturated rings. The lowest BCUT2D eigenvalue weighted by Crippen LogP contribution is -2.35. The Morgan fingerprint density at radius 1 is 0.882 bits per heavy atom. The summed E-state index contributed by atoms with van der Waals surface area (Å²) in [6, 6.07) is 20.8. The third-order valence-electron chi connectivity index (χ3n) is 6.22. The molecule has 4 aromatic rings. The number of azo groups is 1. The van der Waals surface area contributed by atoms with E-state index in [0.29, 0.717) is 23.3 Å². The average molecular weight is 491 g/mol. The summed E-state index contributed by atoms with van der Waals surface area (Å²) < 4.78 is 14.1. The molecule has 0 saturated heterocycles. The predicted molar refractivity (Wildman–Crippen MR) is 132 cm³/mol. The summed E-state index contributed by atoms with van der Waals surface area (Å²) in [5.74, 6) is 1.88. The van der Waals surface area contributed by atoms with Crippen LogP contribution in [0, 0.1) is 12.8 Å². The van der Waals surface area contributed by atoms with Crippen molar-refractivity contribution in [2.45, 2.75) is 12.8 Å². The molecule has 1 aromatic heterocycles. The molecule has 0 amide bonds. The topological polar surface area (TPSA) is 61.0 Å². The molecule has 6 rings (SSSR count). The lowest BCUT2D eigenvalue weighted by molar-refractivity contribution is 0.121. The van der Waals surface area contributed by atoms with Crippen molar-refractivity contribution in [2.75, 3.05) is 13.2 Å². The van der Waals surface area contributed by atoms with Crippen molar-refractivity contribution in [2.24, 2.45) is 16.1 Å². The Kier molecular flexibility index (Phi) is 5.27. The first kappa shape index (κ1) is 21.2. The number of aryl methyl sites for hydroxylation is 1. The highest BCUT2D eigenvalue weighted by Crippen LogP contribution is 2.50. The molecule has 0 aliphatic carbocycles. The number of ether oxygens (including phenoxy) is 2. The van der Waals surface area contributed by atoms with Gasteiger partial charge < -0.3 is 9.47 Å². The Morgan fingerprint density at radius 3 is 2.47 bits per heavy atom. The molecule has 34 heavy (non-hydrogen) atoms. The van der Waals surface area contributed by atoms with Crippen LogP contribution in [-0.2, 0) is 0 Å². The van der Waals surface area contributed by atoms with E-state index >= 15 is 0 Å². The highest BCUT2D eigenvalue weighted by atomic mass is 35.5. The molecule has 3 heterocycles. The minimum Gasteiger partial charge on any atom is -0.493 e. The van der Waals surface area contributed by atoms with Crippen LogP contribution in [0.25, 0.3) is 5.69 Å². The highest BCUT2D eigenvalue weighted by molar-refractivity contribution is 6.31. The van der Waals surface area contributed by atoms with Crippen LogP contribution in [-0.4, -0.2) is 23.0 Å². The van der Waals surface area contributed by atoms with E-state index in [2.05, 4.69) is 16.3 Å². The van der Waals surface area contributed by atoms with E-state index in [9.17, 15) is 0 Å². The normalized spacial score (nSPS) is 18.6. The number of hydrogen-bond acceptors (Lipinski definition) is 5. The van der Waals surface area contributed by atoms with Crippen LogP contribution in [0.4, 0.5) is 11.4 Å². The lowest BCUT2D eigenvalue weighted by atomic mass is 9.78. The summed E-state index contributed by atoms with van der Waals surface area (Å²) in [5, 5.41) is 14.9. The van der Waals surface area contributed by atoms with E-state index in [4.69, 9.17) is 37.8 Å². The number of halogens is 2. The Labute approximate surface area is 206 Å². The van der Waals surface area contributed by atoms with Gasteiger partial charge in [0.25, 0.3) is 0 Å². The maximum Gasteiger partial charge on any atom is 0.220 e. The SMILES string of the molecule is Cc1nn(-c2cccc(Cl)c2)c2c1[C@H]1c3cc(N=Nc4ccc(Cl)cc4)ccc3OC[C@H]1CO2. The molecule has 0 N–H and O–H groups in total. The van der Waals surface area contributed by atoms with Gasteiger partial charge in [0.1, 0.15) is 5.75 Å². The fourth-order valence-electron chi connectivity index (χ4n) is 4.66. The Bertz CT molecular complexity index is 1420. The first-order valence-corrected chi connectivity index (χ1v) is 11.7. The van der Waals surface area contributed by atoms with Crippen LogP contribution in [0.1, 0.15) is 22.7 Å². The van der Waals surface area contributed by atoms with Crippen molar-refractivity contribution in [1.82, 2.24) is 9.78 Å². The van der Waals surface area contributed by atoms with Gasteiger partial charge in [-0.2, -0.15) is 15.3 Å². The number of rotatable bonds is 3. The van der Waals surface area contributed by atoms with Crippen molar-refractivity contribution in [3.05, 3.63) is 93.6 Å². The van der Waals surface area contributed by atoms with E-state index in [1.807, 2.05) is 60.1 Å². The van der Waals surface area contributed by atoms with Crippen LogP contribution in [0.5, 0.6) is 11.6 Å². The molecule has 6 nitrogen and oxygen atoms in total. The second-order valence-corrected chi connectivity index (χ2v) is 9.33. The third kappa shape index (κ3) is 3.73. The zero-order chi connectivity index (χ0) is 23.2. The molecule has 8 heteroatoms. The fraction of sp³-hybridized carbons (Fsp3) is 0.192. The van der Waals surface area contributed by atoms with Gasteiger partial charge in [0.15, 0.2) is 0 Å². The number of nitrogens with zero attached hydrogens (tertiary/aromatic N) is 4. The van der Waals surface area contributed by atoms with Crippen molar-refractivity contribution >= 4 is 34.6 Å². The number of fused-ring (bicyclic) bond motifs is 5. The van der Waals surface area contributed by atoms with Gasteiger partial charge in [-0.1, -0.05) is 29.3 Å². The molecule has 0 spiro atoms. The van der Waals surface area contributed by atoms with Gasteiger partial charge in [0.05, 0.1) is 36.0 Å². The van der Waals surface area contributed by atoms with Crippen molar-refractivity contribution < 1.29 is 9.47 Å². The van der Waals surface area contributed by atoms with E-state index < -0.39 is 0 Å². The number of hydrogen-bond donors (Lipinski definition) is 0. The molecule has 170 valence electrons. The van der Waals surface area contributed by atoms with E-state index in [1.54, 1.807) is 12.1 Å². The van der Waals surface area contributed by atoms with Gasteiger partial charge in [-0.05, 0) is 67.6 Å². The molecule has 2 aliphatic heterocycles. The average Bonchev–Trinajstić information content (AvgIpc) is 3.20. The van der Waals surface area contributed by atoms with E-state index in [1.165, 1.54) is 0 Å². The maximum absolute atomic E-state index is 6.24. The number of benzene rings is 3. The van der Waals surface area contributed by atoms with Gasteiger partial charge in [0.2, 0.25) is 5.88 Å². The van der Waals surface area contributed by atoms with Gasteiger partial charge in [-0.15, -0.1) is 0 Å². The van der Waals surface area contributed by atoms with Crippen LogP contribution >= 0.6 is 23.2 Å².